The van der Waals surface area contributed by atoms with Gasteiger partial charge in [0.1, 0.15) is 12.2 Å². The first-order valence-corrected chi connectivity index (χ1v) is 6.01. The van der Waals surface area contributed by atoms with Crippen LogP contribution in [0.25, 0.3) is 0 Å². The average Bonchev–Trinajstić information content (AvgIpc) is 2.76. The van der Waals surface area contributed by atoms with Gasteiger partial charge in [-0.05, 0) is 39.5 Å². The van der Waals surface area contributed by atoms with Crippen LogP contribution >= 0.6 is 0 Å². The highest BCUT2D eigenvalue weighted by Crippen LogP contribution is 2.22. The molecule has 0 amide bonds. The maximum absolute atomic E-state index is 5.53. The van der Waals surface area contributed by atoms with Crippen molar-refractivity contribution < 1.29 is 18.9 Å². The molecule has 0 aliphatic carbocycles. The second-order valence-corrected chi connectivity index (χ2v) is 5.17. The number of hydrogen-bond acceptors (Lipinski definition) is 4. The third-order valence-electron chi connectivity index (χ3n) is 2.55. The summed E-state index contributed by atoms with van der Waals surface area (Å²) in [7, 11) is 0. The lowest BCUT2D eigenvalue weighted by molar-refractivity contribution is -0.132. The SMILES string of the molecule is CC1(C)OC[C@H](C#CC#C[C@H]2COC(C)(C)O2)O1. The molecule has 2 fully saturated rings. The van der Waals surface area contributed by atoms with Gasteiger partial charge in [-0.25, -0.2) is 0 Å². The molecule has 0 unspecified atom stereocenters. The molecule has 0 radical (unpaired) electrons. The van der Waals surface area contributed by atoms with Crippen LogP contribution in [0.15, 0.2) is 0 Å². The van der Waals surface area contributed by atoms with Gasteiger partial charge in [-0.15, -0.1) is 0 Å². The van der Waals surface area contributed by atoms with E-state index in [0.29, 0.717) is 13.2 Å². The summed E-state index contributed by atoms with van der Waals surface area (Å²) in [5, 5.41) is 0. The van der Waals surface area contributed by atoms with Gasteiger partial charge in [-0.3, -0.25) is 0 Å². The van der Waals surface area contributed by atoms with Gasteiger partial charge in [0, 0.05) is 0 Å². The van der Waals surface area contributed by atoms with Crippen LogP contribution in [-0.4, -0.2) is 37.0 Å². The van der Waals surface area contributed by atoms with E-state index in [1.807, 2.05) is 27.7 Å². The summed E-state index contributed by atoms with van der Waals surface area (Å²) >= 11 is 0. The van der Waals surface area contributed by atoms with Crippen LogP contribution in [0.2, 0.25) is 0 Å². The Kier molecular flexibility index (Phi) is 3.66. The Morgan fingerprint density at radius 2 is 1.17 bits per heavy atom. The minimum atomic E-state index is -0.542. The maximum atomic E-state index is 5.53. The molecule has 0 N–H and O–H groups in total. The lowest BCUT2D eigenvalue weighted by atomic mass is 10.3. The Hall–Kier alpha value is -1.04. The molecular formula is C14H18O4. The molecule has 2 aliphatic heterocycles. The van der Waals surface area contributed by atoms with Crippen molar-refractivity contribution in [1.29, 1.82) is 0 Å². The van der Waals surface area contributed by atoms with Crippen molar-refractivity contribution in [2.24, 2.45) is 0 Å². The third-order valence-corrected chi connectivity index (χ3v) is 2.55. The van der Waals surface area contributed by atoms with Crippen LogP contribution in [-0.2, 0) is 18.9 Å². The molecule has 98 valence electrons. The van der Waals surface area contributed by atoms with Crippen LogP contribution in [0.3, 0.4) is 0 Å². The molecule has 0 saturated carbocycles. The molecule has 0 aromatic rings. The first kappa shape index (κ1) is 13.4. The first-order valence-electron chi connectivity index (χ1n) is 6.01. The second kappa shape index (κ2) is 4.91. The van der Waals surface area contributed by atoms with E-state index in [1.165, 1.54) is 0 Å². The van der Waals surface area contributed by atoms with Crippen LogP contribution < -0.4 is 0 Å². The summed E-state index contributed by atoms with van der Waals surface area (Å²) < 4.78 is 21.9. The smallest absolute Gasteiger partial charge is 0.164 e. The van der Waals surface area contributed by atoms with E-state index >= 15 is 0 Å². The standard InChI is InChI=1S/C14H18O4/c1-13(2)15-9-11(17-13)7-5-6-8-12-10-16-14(3,4)18-12/h11-12H,9-10H2,1-4H3/t11-,12-/m0/s1. The molecular weight excluding hydrogens is 232 g/mol. The first-order chi connectivity index (χ1) is 8.36. The highest BCUT2D eigenvalue weighted by Gasteiger charge is 2.32. The molecule has 2 heterocycles. The second-order valence-electron chi connectivity index (χ2n) is 5.17. The van der Waals surface area contributed by atoms with Crippen LogP contribution in [0.5, 0.6) is 0 Å². The number of hydrogen-bond donors (Lipinski definition) is 0. The molecule has 4 heteroatoms. The van der Waals surface area contributed by atoms with Crippen LogP contribution in [0.4, 0.5) is 0 Å². The Balaban J connectivity index is 1.83. The van der Waals surface area contributed by atoms with E-state index in [0.717, 1.165) is 0 Å². The van der Waals surface area contributed by atoms with Gasteiger partial charge in [-0.2, -0.15) is 0 Å². The molecule has 2 saturated heterocycles. The molecule has 0 spiro atoms. The summed E-state index contributed by atoms with van der Waals surface area (Å²) in [5.74, 6) is 10.3. The highest BCUT2D eigenvalue weighted by molar-refractivity contribution is 5.29. The van der Waals surface area contributed by atoms with Crippen molar-refractivity contribution >= 4 is 0 Å². The molecule has 0 bridgehead atoms. The zero-order valence-electron chi connectivity index (χ0n) is 11.2. The normalized spacial score (nSPS) is 32.2. The fourth-order valence-corrected chi connectivity index (χ4v) is 1.75. The van der Waals surface area contributed by atoms with Gasteiger partial charge in [0.2, 0.25) is 0 Å². The van der Waals surface area contributed by atoms with Crippen molar-refractivity contribution in [3.63, 3.8) is 0 Å². The fourth-order valence-electron chi connectivity index (χ4n) is 1.75. The number of ether oxygens (including phenoxy) is 4. The summed E-state index contributed by atoms with van der Waals surface area (Å²) in [6.07, 6.45) is -0.405. The van der Waals surface area contributed by atoms with Crippen molar-refractivity contribution in [1.82, 2.24) is 0 Å². The predicted molar refractivity (Wildman–Crippen MR) is 65.4 cm³/mol. The average molecular weight is 250 g/mol. The lowest BCUT2D eigenvalue weighted by Crippen LogP contribution is -2.21. The summed E-state index contributed by atoms with van der Waals surface area (Å²) in [4.78, 5) is 0. The minimum absolute atomic E-state index is 0.202. The van der Waals surface area contributed by atoms with Gasteiger partial charge in [-0.1, -0.05) is 11.8 Å². The van der Waals surface area contributed by atoms with Gasteiger partial charge in [0.15, 0.2) is 11.6 Å². The van der Waals surface area contributed by atoms with E-state index < -0.39 is 11.6 Å². The Labute approximate surface area is 108 Å². The van der Waals surface area contributed by atoms with Crippen molar-refractivity contribution in [3.8, 4) is 23.7 Å². The predicted octanol–water partition coefficient (Wildman–Crippen LogP) is 1.30. The molecule has 0 aromatic carbocycles. The topological polar surface area (TPSA) is 36.9 Å². The van der Waals surface area contributed by atoms with E-state index in [9.17, 15) is 0 Å². The monoisotopic (exact) mass is 250 g/mol. The molecule has 0 aromatic heterocycles. The van der Waals surface area contributed by atoms with Gasteiger partial charge >= 0.3 is 0 Å². The number of rotatable bonds is 0. The molecule has 18 heavy (non-hydrogen) atoms. The van der Waals surface area contributed by atoms with Crippen LogP contribution in [0, 0.1) is 23.7 Å². The van der Waals surface area contributed by atoms with Gasteiger partial charge < -0.3 is 18.9 Å². The summed E-state index contributed by atoms with van der Waals surface area (Å²) in [6.45, 7) is 8.44. The molecule has 2 rings (SSSR count). The molecule has 4 nitrogen and oxygen atoms in total. The fraction of sp³-hybridized carbons (Fsp3) is 0.714. The van der Waals surface area contributed by atoms with Gasteiger partial charge in [0.25, 0.3) is 0 Å². The summed E-state index contributed by atoms with van der Waals surface area (Å²) in [5.41, 5.74) is 0. The maximum Gasteiger partial charge on any atom is 0.164 e. The minimum Gasteiger partial charge on any atom is -0.347 e. The Bertz CT molecular complexity index is 388. The molecule has 2 aliphatic rings. The highest BCUT2D eigenvalue weighted by atomic mass is 16.7. The Morgan fingerprint density at radius 3 is 1.44 bits per heavy atom. The van der Waals surface area contributed by atoms with E-state index in [-0.39, 0.29) is 12.2 Å². The third kappa shape index (κ3) is 3.73. The van der Waals surface area contributed by atoms with Crippen molar-refractivity contribution in [2.45, 2.75) is 51.5 Å². The zero-order valence-corrected chi connectivity index (χ0v) is 11.2. The largest absolute Gasteiger partial charge is 0.347 e. The van der Waals surface area contributed by atoms with Crippen molar-refractivity contribution in [2.75, 3.05) is 13.2 Å². The summed E-state index contributed by atoms with van der Waals surface area (Å²) in [6, 6.07) is 0. The zero-order chi connectivity index (χ0) is 13.2. The van der Waals surface area contributed by atoms with E-state index in [1.54, 1.807) is 0 Å². The Morgan fingerprint density at radius 1 is 0.778 bits per heavy atom. The van der Waals surface area contributed by atoms with Crippen molar-refractivity contribution in [3.05, 3.63) is 0 Å². The lowest BCUT2D eigenvalue weighted by Gasteiger charge is -2.14. The van der Waals surface area contributed by atoms with E-state index in [4.69, 9.17) is 18.9 Å². The van der Waals surface area contributed by atoms with Gasteiger partial charge in [0.05, 0.1) is 13.2 Å². The quantitative estimate of drug-likeness (QED) is 0.607. The van der Waals surface area contributed by atoms with Crippen LogP contribution in [0.1, 0.15) is 27.7 Å². The molecule has 2 atom stereocenters. The van der Waals surface area contributed by atoms with E-state index in [2.05, 4.69) is 23.7 Å².